The Balaban J connectivity index is 2.26. The molecule has 0 bridgehead atoms. The number of halogens is 4. The molecule has 1 atom stereocenters. The predicted molar refractivity (Wildman–Crippen MR) is 84.9 cm³/mol. The van der Waals surface area contributed by atoms with Crippen molar-refractivity contribution in [1.82, 2.24) is 0 Å². The number of anilines is 1. The van der Waals surface area contributed by atoms with E-state index < -0.39 is 11.6 Å². The number of nitrogens with one attached hydrogen (secondary N) is 1. The van der Waals surface area contributed by atoms with Crippen LogP contribution in [0.15, 0.2) is 45.3 Å². The number of hydrogen-bond acceptors (Lipinski definition) is 1. The fourth-order valence-corrected chi connectivity index (χ4v) is 2.52. The molecule has 106 valence electrons. The molecule has 0 fully saturated rings. The van der Waals surface area contributed by atoms with E-state index in [2.05, 4.69) is 37.2 Å². The molecule has 20 heavy (non-hydrogen) atoms. The van der Waals surface area contributed by atoms with Crippen molar-refractivity contribution in [3.63, 3.8) is 0 Å². The van der Waals surface area contributed by atoms with Gasteiger partial charge in [0.25, 0.3) is 0 Å². The van der Waals surface area contributed by atoms with E-state index in [0.717, 1.165) is 22.5 Å². The third-order valence-electron chi connectivity index (χ3n) is 3.02. The molecule has 0 radical (unpaired) electrons. The van der Waals surface area contributed by atoms with E-state index >= 15 is 0 Å². The van der Waals surface area contributed by atoms with E-state index in [1.165, 1.54) is 6.07 Å². The highest BCUT2D eigenvalue weighted by Crippen LogP contribution is 2.28. The Kier molecular flexibility index (Phi) is 5.16. The minimum atomic E-state index is -0.487. The molecule has 2 aromatic carbocycles. The molecular formula is C15H13Br2F2N. The second-order valence-corrected chi connectivity index (χ2v) is 6.17. The summed E-state index contributed by atoms with van der Waals surface area (Å²) in [5, 5.41) is 3.05. The summed E-state index contributed by atoms with van der Waals surface area (Å²) < 4.78 is 28.5. The molecule has 0 aromatic heterocycles. The van der Waals surface area contributed by atoms with E-state index in [1.807, 2.05) is 31.2 Å². The second kappa shape index (κ2) is 6.68. The molecule has 1 nitrogen and oxygen atoms in total. The van der Waals surface area contributed by atoms with Gasteiger partial charge in [0, 0.05) is 10.5 Å². The maximum absolute atomic E-state index is 13.8. The normalized spacial score (nSPS) is 12.2. The van der Waals surface area contributed by atoms with Gasteiger partial charge in [-0.1, -0.05) is 35.0 Å². The number of rotatable bonds is 4. The maximum Gasteiger partial charge on any atom is 0.147 e. The van der Waals surface area contributed by atoms with Gasteiger partial charge in [0.05, 0.1) is 16.2 Å². The Morgan fingerprint density at radius 1 is 1.05 bits per heavy atom. The minimum Gasteiger partial charge on any atom is -0.376 e. The Labute approximate surface area is 133 Å². The lowest BCUT2D eigenvalue weighted by atomic mass is 10.0. The molecule has 0 aliphatic carbocycles. The van der Waals surface area contributed by atoms with Crippen LogP contribution in [0.4, 0.5) is 14.5 Å². The van der Waals surface area contributed by atoms with Gasteiger partial charge in [-0.2, -0.15) is 0 Å². The first-order chi connectivity index (χ1) is 9.51. The molecule has 0 amide bonds. The largest absolute Gasteiger partial charge is 0.376 e. The molecule has 0 heterocycles. The predicted octanol–water partition coefficient (Wildman–Crippen LogP) is 6.05. The van der Waals surface area contributed by atoms with Gasteiger partial charge < -0.3 is 5.32 Å². The van der Waals surface area contributed by atoms with E-state index in [-0.39, 0.29) is 16.2 Å². The highest BCUT2D eigenvalue weighted by Gasteiger charge is 2.14. The smallest absolute Gasteiger partial charge is 0.147 e. The van der Waals surface area contributed by atoms with Crippen molar-refractivity contribution < 1.29 is 8.78 Å². The van der Waals surface area contributed by atoms with Gasteiger partial charge in [-0.15, -0.1) is 0 Å². The highest BCUT2D eigenvalue weighted by atomic mass is 79.9. The van der Waals surface area contributed by atoms with Crippen LogP contribution in [-0.2, 0) is 0 Å². The van der Waals surface area contributed by atoms with Gasteiger partial charge in [-0.25, -0.2) is 8.78 Å². The number of hydrogen-bond donors (Lipinski definition) is 1. The fourth-order valence-electron chi connectivity index (χ4n) is 1.94. The molecule has 0 aliphatic rings. The van der Waals surface area contributed by atoms with Crippen molar-refractivity contribution in [2.45, 2.75) is 19.4 Å². The van der Waals surface area contributed by atoms with Crippen molar-refractivity contribution >= 4 is 37.5 Å². The molecule has 1 unspecified atom stereocenters. The van der Waals surface area contributed by atoms with Crippen LogP contribution in [0.5, 0.6) is 0 Å². The van der Waals surface area contributed by atoms with Crippen molar-refractivity contribution in [3.8, 4) is 0 Å². The first-order valence-corrected chi connectivity index (χ1v) is 7.76. The van der Waals surface area contributed by atoms with Crippen molar-refractivity contribution in [2.75, 3.05) is 5.32 Å². The zero-order valence-corrected chi connectivity index (χ0v) is 13.9. The van der Waals surface area contributed by atoms with Crippen molar-refractivity contribution in [2.24, 2.45) is 0 Å². The van der Waals surface area contributed by atoms with Crippen LogP contribution in [0, 0.1) is 11.6 Å². The zero-order valence-electron chi connectivity index (χ0n) is 10.8. The Hall–Kier alpha value is -0.940. The van der Waals surface area contributed by atoms with Crippen molar-refractivity contribution in [3.05, 3.63) is 62.5 Å². The van der Waals surface area contributed by atoms with Gasteiger partial charge in [-0.3, -0.25) is 0 Å². The lowest BCUT2D eigenvalue weighted by Crippen LogP contribution is -2.11. The molecule has 0 saturated carbocycles. The molecule has 5 heteroatoms. The molecular weight excluding hydrogens is 392 g/mol. The van der Waals surface area contributed by atoms with Crippen LogP contribution < -0.4 is 5.32 Å². The monoisotopic (exact) mass is 403 g/mol. The zero-order chi connectivity index (χ0) is 14.7. The summed E-state index contributed by atoms with van der Waals surface area (Å²) in [5.41, 5.74) is 1.19. The van der Waals surface area contributed by atoms with Crippen LogP contribution in [0.3, 0.4) is 0 Å². The quantitative estimate of drug-likeness (QED) is 0.611. The topological polar surface area (TPSA) is 12.0 Å². The highest BCUT2D eigenvalue weighted by molar-refractivity contribution is 9.10. The van der Waals surface area contributed by atoms with Gasteiger partial charge >= 0.3 is 0 Å². The third kappa shape index (κ3) is 3.58. The first kappa shape index (κ1) is 15.4. The summed E-state index contributed by atoms with van der Waals surface area (Å²) >= 11 is 6.35. The van der Waals surface area contributed by atoms with Gasteiger partial charge in [0.1, 0.15) is 11.6 Å². The van der Waals surface area contributed by atoms with E-state index in [4.69, 9.17) is 0 Å². The second-order valence-electron chi connectivity index (χ2n) is 4.40. The van der Waals surface area contributed by atoms with Crippen LogP contribution in [0.1, 0.15) is 24.9 Å². The SMILES string of the molecule is CCC(Nc1cc(F)c(Br)cc1F)c1ccc(Br)cc1. The maximum atomic E-state index is 13.8. The summed E-state index contributed by atoms with van der Waals surface area (Å²) in [7, 11) is 0. The summed E-state index contributed by atoms with van der Waals surface area (Å²) in [5.74, 6) is -0.964. The summed E-state index contributed by atoms with van der Waals surface area (Å²) in [4.78, 5) is 0. The average Bonchev–Trinajstić information content (AvgIpc) is 2.42. The van der Waals surface area contributed by atoms with Crippen LogP contribution in [0.25, 0.3) is 0 Å². The van der Waals surface area contributed by atoms with Crippen LogP contribution >= 0.6 is 31.9 Å². The Morgan fingerprint density at radius 3 is 2.30 bits per heavy atom. The average molecular weight is 405 g/mol. The molecule has 0 aliphatic heterocycles. The van der Waals surface area contributed by atoms with Crippen molar-refractivity contribution in [1.29, 1.82) is 0 Å². The van der Waals surface area contributed by atoms with E-state index in [9.17, 15) is 8.78 Å². The van der Waals surface area contributed by atoms with Crippen LogP contribution in [0.2, 0.25) is 0 Å². The Morgan fingerprint density at radius 2 is 1.70 bits per heavy atom. The third-order valence-corrected chi connectivity index (χ3v) is 4.16. The Bertz CT molecular complexity index is 600. The van der Waals surface area contributed by atoms with Gasteiger partial charge in [-0.05, 0) is 46.1 Å². The summed E-state index contributed by atoms with van der Waals surface area (Å²) in [6, 6.07) is 10.00. The molecule has 0 saturated heterocycles. The molecule has 1 N–H and O–H groups in total. The summed E-state index contributed by atoms with van der Waals surface area (Å²) in [6.07, 6.45) is 0.763. The lowest BCUT2D eigenvalue weighted by Gasteiger charge is -2.19. The van der Waals surface area contributed by atoms with E-state index in [1.54, 1.807) is 0 Å². The molecule has 2 rings (SSSR count). The molecule has 2 aromatic rings. The number of benzene rings is 2. The molecule has 0 spiro atoms. The summed E-state index contributed by atoms with van der Waals surface area (Å²) in [6.45, 7) is 1.99. The standard InChI is InChI=1S/C15H13Br2F2N/c1-2-14(9-3-5-10(16)6-4-9)20-15-8-12(18)11(17)7-13(15)19/h3-8,14,20H,2H2,1H3. The lowest BCUT2D eigenvalue weighted by molar-refractivity contribution is 0.593. The minimum absolute atomic E-state index is 0.0711. The first-order valence-electron chi connectivity index (χ1n) is 6.17. The van der Waals surface area contributed by atoms with Crippen LogP contribution in [-0.4, -0.2) is 0 Å². The van der Waals surface area contributed by atoms with E-state index in [0.29, 0.717) is 0 Å². The van der Waals surface area contributed by atoms with Gasteiger partial charge in [0.15, 0.2) is 0 Å². The fraction of sp³-hybridized carbons (Fsp3) is 0.200. The van der Waals surface area contributed by atoms with Gasteiger partial charge in [0.2, 0.25) is 0 Å².